The van der Waals surface area contributed by atoms with Gasteiger partial charge in [0.2, 0.25) is 5.78 Å². The smallest absolute Gasteiger partial charge is 0.202 e. The van der Waals surface area contributed by atoms with Crippen molar-refractivity contribution in [1.29, 1.82) is 0 Å². The van der Waals surface area contributed by atoms with E-state index in [1.807, 2.05) is 29.6 Å². The Morgan fingerprint density at radius 1 is 1.33 bits per heavy atom. The summed E-state index contributed by atoms with van der Waals surface area (Å²) in [6.45, 7) is 4.37. The third kappa shape index (κ3) is 3.30. The molecule has 0 fully saturated rings. The maximum absolute atomic E-state index is 12.3. The number of ketones is 1. The van der Waals surface area contributed by atoms with Gasteiger partial charge < -0.3 is 0 Å². The minimum absolute atomic E-state index is 0.108. The monoisotopic (exact) mass is 322 g/mol. The molecule has 1 nitrogen and oxygen atoms in total. The van der Waals surface area contributed by atoms with Gasteiger partial charge in [-0.05, 0) is 46.0 Å². The summed E-state index contributed by atoms with van der Waals surface area (Å²) >= 11 is 4.85. The Kier molecular flexibility index (Phi) is 4.36. The first-order valence-electron chi connectivity index (χ1n) is 5.94. The predicted octanol–water partition coefficient (Wildman–Crippen LogP) is 4.94. The summed E-state index contributed by atoms with van der Waals surface area (Å²) in [5, 5.41) is 1.94. The van der Waals surface area contributed by atoms with Crippen LogP contribution in [0.5, 0.6) is 0 Å². The van der Waals surface area contributed by atoms with Crippen LogP contribution in [-0.2, 0) is 6.42 Å². The van der Waals surface area contributed by atoms with Gasteiger partial charge in [0.1, 0.15) is 0 Å². The molecule has 1 heterocycles. The van der Waals surface area contributed by atoms with E-state index in [0.29, 0.717) is 5.92 Å². The molecule has 1 aromatic carbocycles. The Morgan fingerprint density at radius 2 is 2.11 bits per heavy atom. The summed E-state index contributed by atoms with van der Waals surface area (Å²) in [4.78, 5) is 13.1. The van der Waals surface area contributed by atoms with E-state index in [2.05, 4.69) is 35.8 Å². The highest BCUT2D eigenvalue weighted by Crippen LogP contribution is 2.23. The molecule has 0 aliphatic rings. The van der Waals surface area contributed by atoms with E-state index < -0.39 is 0 Å². The van der Waals surface area contributed by atoms with Crippen molar-refractivity contribution in [3.05, 3.63) is 56.2 Å². The van der Waals surface area contributed by atoms with Crippen molar-refractivity contribution in [3.8, 4) is 0 Å². The quantitative estimate of drug-likeness (QED) is 0.728. The molecule has 0 atom stereocenters. The van der Waals surface area contributed by atoms with E-state index >= 15 is 0 Å². The summed E-state index contributed by atoms with van der Waals surface area (Å²) in [6.07, 6.45) is 1.01. The first kappa shape index (κ1) is 13.5. The number of hydrogen-bond donors (Lipinski definition) is 0. The van der Waals surface area contributed by atoms with Crippen LogP contribution in [-0.4, -0.2) is 5.78 Å². The van der Waals surface area contributed by atoms with E-state index in [9.17, 15) is 4.79 Å². The molecule has 0 aliphatic heterocycles. The normalized spacial score (nSPS) is 10.9. The second kappa shape index (κ2) is 5.81. The molecule has 2 rings (SSSR count). The van der Waals surface area contributed by atoms with Gasteiger partial charge in [-0.1, -0.05) is 32.0 Å². The maximum Gasteiger partial charge on any atom is 0.202 e. The predicted molar refractivity (Wildman–Crippen MR) is 80.4 cm³/mol. The molecule has 0 spiro atoms. The molecule has 0 N–H and O–H groups in total. The molecular formula is C15H15BrOS. The molecule has 0 aliphatic carbocycles. The Morgan fingerprint density at radius 3 is 2.72 bits per heavy atom. The van der Waals surface area contributed by atoms with Gasteiger partial charge >= 0.3 is 0 Å². The van der Waals surface area contributed by atoms with Gasteiger partial charge in [0.05, 0.1) is 4.88 Å². The van der Waals surface area contributed by atoms with Gasteiger partial charge in [0.25, 0.3) is 0 Å². The minimum atomic E-state index is 0.108. The molecule has 0 saturated heterocycles. The third-order valence-electron chi connectivity index (χ3n) is 2.62. The lowest BCUT2D eigenvalue weighted by Gasteiger charge is -2.06. The molecule has 0 amide bonds. The average molecular weight is 323 g/mol. The molecule has 0 saturated carbocycles. The Hall–Kier alpha value is -0.930. The van der Waals surface area contributed by atoms with Gasteiger partial charge in [-0.3, -0.25) is 4.79 Å². The SMILES string of the molecule is CC(C)Cc1cccc(C(=O)c2cc(Br)cs2)c1. The highest BCUT2D eigenvalue weighted by atomic mass is 79.9. The van der Waals surface area contributed by atoms with Crippen LogP contribution in [0.25, 0.3) is 0 Å². The van der Waals surface area contributed by atoms with Crippen molar-refractivity contribution in [1.82, 2.24) is 0 Å². The number of carbonyl (C=O) groups excluding carboxylic acids is 1. The zero-order chi connectivity index (χ0) is 13.1. The van der Waals surface area contributed by atoms with Gasteiger partial charge in [0, 0.05) is 15.4 Å². The number of carbonyl (C=O) groups is 1. The van der Waals surface area contributed by atoms with Gasteiger partial charge in [-0.25, -0.2) is 0 Å². The largest absolute Gasteiger partial charge is 0.288 e. The fraction of sp³-hybridized carbons (Fsp3) is 0.267. The molecule has 3 heteroatoms. The lowest BCUT2D eigenvalue weighted by Crippen LogP contribution is -2.01. The van der Waals surface area contributed by atoms with E-state index in [-0.39, 0.29) is 5.78 Å². The van der Waals surface area contributed by atoms with Gasteiger partial charge in [-0.15, -0.1) is 11.3 Å². The summed E-state index contributed by atoms with van der Waals surface area (Å²) in [7, 11) is 0. The first-order valence-corrected chi connectivity index (χ1v) is 7.61. The van der Waals surface area contributed by atoms with E-state index in [0.717, 1.165) is 21.3 Å². The first-order chi connectivity index (χ1) is 8.56. The van der Waals surface area contributed by atoms with Crippen molar-refractivity contribution in [2.45, 2.75) is 20.3 Å². The van der Waals surface area contributed by atoms with Crippen LogP contribution in [0.15, 0.2) is 40.2 Å². The van der Waals surface area contributed by atoms with Crippen molar-refractivity contribution in [3.63, 3.8) is 0 Å². The molecule has 2 aromatic rings. The Balaban J connectivity index is 2.25. The Bertz CT molecular complexity index is 557. The maximum atomic E-state index is 12.3. The standard InChI is InChI=1S/C15H15BrOS/c1-10(2)6-11-4-3-5-12(7-11)15(17)14-8-13(16)9-18-14/h3-5,7-10H,6H2,1-2H3. The van der Waals surface area contributed by atoms with E-state index in [1.54, 1.807) is 0 Å². The van der Waals surface area contributed by atoms with E-state index in [1.165, 1.54) is 16.9 Å². The number of benzene rings is 1. The van der Waals surface area contributed by atoms with E-state index in [4.69, 9.17) is 0 Å². The summed E-state index contributed by atoms with van der Waals surface area (Å²) < 4.78 is 0.967. The summed E-state index contributed by atoms with van der Waals surface area (Å²) in [5.41, 5.74) is 2.01. The summed E-state index contributed by atoms with van der Waals surface area (Å²) in [5.74, 6) is 0.711. The van der Waals surface area contributed by atoms with Crippen LogP contribution in [0.1, 0.15) is 34.6 Å². The number of halogens is 1. The average Bonchev–Trinajstić information content (AvgIpc) is 2.74. The molecule has 0 unspecified atom stereocenters. The van der Waals surface area contributed by atoms with Crippen LogP contribution < -0.4 is 0 Å². The second-order valence-electron chi connectivity index (χ2n) is 4.76. The fourth-order valence-corrected chi connectivity index (χ4v) is 3.27. The van der Waals surface area contributed by atoms with Crippen molar-refractivity contribution >= 4 is 33.0 Å². The molecule has 94 valence electrons. The van der Waals surface area contributed by atoms with Crippen LogP contribution in [0.2, 0.25) is 0 Å². The topological polar surface area (TPSA) is 17.1 Å². The van der Waals surface area contributed by atoms with Crippen LogP contribution >= 0.6 is 27.3 Å². The molecular weight excluding hydrogens is 308 g/mol. The third-order valence-corrected chi connectivity index (χ3v) is 4.31. The number of thiophene rings is 1. The minimum Gasteiger partial charge on any atom is -0.288 e. The highest BCUT2D eigenvalue weighted by molar-refractivity contribution is 9.10. The van der Waals surface area contributed by atoms with Crippen LogP contribution in [0, 0.1) is 5.92 Å². The zero-order valence-electron chi connectivity index (χ0n) is 10.4. The van der Waals surface area contributed by atoms with Crippen molar-refractivity contribution < 1.29 is 4.79 Å². The van der Waals surface area contributed by atoms with Gasteiger partial charge in [-0.2, -0.15) is 0 Å². The molecule has 0 bridgehead atoms. The van der Waals surface area contributed by atoms with Crippen LogP contribution in [0.4, 0.5) is 0 Å². The van der Waals surface area contributed by atoms with Crippen molar-refractivity contribution in [2.75, 3.05) is 0 Å². The number of rotatable bonds is 4. The van der Waals surface area contributed by atoms with Crippen LogP contribution in [0.3, 0.4) is 0 Å². The van der Waals surface area contributed by atoms with Crippen molar-refractivity contribution in [2.24, 2.45) is 5.92 Å². The number of hydrogen-bond acceptors (Lipinski definition) is 2. The summed E-state index contributed by atoms with van der Waals surface area (Å²) in [6, 6.07) is 9.83. The molecule has 0 radical (unpaired) electrons. The zero-order valence-corrected chi connectivity index (χ0v) is 12.8. The Labute approximate surface area is 120 Å². The lowest BCUT2D eigenvalue weighted by atomic mass is 9.99. The second-order valence-corrected chi connectivity index (χ2v) is 6.58. The fourth-order valence-electron chi connectivity index (χ4n) is 1.89. The lowest BCUT2D eigenvalue weighted by molar-refractivity contribution is 0.104. The highest BCUT2D eigenvalue weighted by Gasteiger charge is 2.12. The molecule has 1 aromatic heterocycles. The molecule has 18 heavy (non-hydrogen) atoms. The van der Waals surface area contributed by atoms with Gasteiger partial charge in [0.15, 0.2) is 0 Å².